The maximum Gasteiger partial charge on any atom is 0.407 e. The molecule has 0 atom stereocenters. The summed E-state index contributed by atoms with van der Waals surface area (Å²) >= 11 is 0. The monoisotopic (exact) mass is 326 g/mol. The summed E-state index contributed by atoms with van der Waals surface area (Å²) in [6.45, 7) is 6.97. The first-order valence-corrected chi connectivity index (χ1v) is 7.38. The van der Waals surface area contributed by atoms with Gasteiger partial charge in [-0.2, -0.15) is 5.26 Å². The summed E-state index contributed by atoms with van der Waals surface area (Å²) in [5.74, 6) is -0.448. The van der Waals surface area contributed by atoms with Crippen LogP contribution in [-0.2, 0) is 14.3 Å². The topological polar surface area (TPSA) is 112 Å². The van der Waals surface area contributed by atoms with E-state index in [1.54, 1.807) is 27.9 Å². The van der Waals surface area contributed by atoms with Crippen LogP contribution in [0.1, 0.15) is 27.2 Å². The highest BCUT2D eigenvalue weighted by molar-refractivity contribution is 5.97. The number of methoxy groups -OCH3 is 1. The van der Waals surface area contributed by atoms with Gasteiger partial charge in [0, 0.05) is 39.6 Å². The van der Waals surface area contributed by atoms with Gasteiger partial charge in [0.15, 0.2) is 0 Å². The summed E-state index contributed by atoms with van der Waals surface area (Å²) in [5.41, 5.74) is -0.577. The van der Waals surface area contributed by atoms with E-state index in [1.807, 2.05) is 6.07 Å². The third-order valence-corrected chi connectivity index (χ3v) is 2.36. The fourth-order valence-corrected chi connectivity index (χ4v) is 1.39. The number of hydrogen-bond donors (Lipinski definition) is 3. The number of rotatable bonds is 9. The van der Waals surface area contributed by atoms with E-state index in [2.05, 4.69) is 16.0 Å². The van der Waals surface area contributed by atoms with Crippen LogP contribution in [0.25, 0.3) is 0 Å². The second-order valence-corrected chi connectivity index (χ2v) is 5.65. The molecular formula is C15H26N4O4. The van der Waals surface area contributed by atoms with Gasteiger partial charge in [-0.25, -0.2) is 4.79 Å². The van der Waals surface area contributed by atoms with Gasteiger partial charge in [-0.3, -0.25) is 4.79 Å². The number of amides is 2. The molecule has 0 aromatic carbocycles. The van der Waals surface area contributed by atoms with Crippen LogP contribution in [0.3, 0.4) is 0 Å². The summed E-state index contributed by atoms with van der Waals surface area (Å²) in [6.07, 6.45) is 1.48. The van der Waals surface area contributed by atoms with E-state index in [0.29, 0.717) is 32.7 Å². The molecule has 0 saturated carbocycles. The second-order valence-electron chi connectivity index (χ2n) is 5.65. The maximum atomic E-state index is 11.7. The van der Waals surface area contributed by atoms with Crippen LogP contribution >= 0.6 is 0 Å². The zero-order chi connectivity index (χ0) is 17.7. The Labute approximate surface area is 137 Å². The van der Waals surface area contributed by atoms with Crippen molar-refractivity contribution in [2.24, 2.45) is 0 Å². The number of ether oxygens (including phenoxy) is 2. The molecule has 0 fully saturated rings. The van der Waals surface area contributed by atoms with Crippen molar-refractivity contribution >= 4 is 12.0 Å². The molecule has 0 aliphatic heterocycles. The Balaban J connectivity index is 4.00. The minimum atomic E-state index is -0.549. The average molecular weight is 326 g/mol. The van der Waals surface area contributed by atoms with Gasteiger partial charge in [-0.15, -0.1) is 0 Å². The molecule has 0 heterocycles. The van der Waals surface area contributed by atoms with Crippen molar-refractivity contribution < 1.29 is 19.1 Å². The van der Waals surface area contributed by atoms with Gasteiger partial charge in [0.1, 0.15) is 17.2 Å². The van der Waals surface area contributed by atoms with Crippen molar-refractivity contribution in [3.05, 3.63) is 11.8 Å². The molecule has 0 saturated heterocycles. The molecule has 0 aromatic rings. The quantitative estimate of drug-likeness (QED) is 0.326. The number of alkyl carbamates (subject to hydrolysis) is 1. The molecule has 0 bridgehead atoms. The smallest absolute Gasteiger partial charge is 0.407 e. The van der Waals surface area contributed by atoms with Gasteiger partial charge < -0.3 is 25.4 Å². The van der Waals surface area contributed by atoms with Crippen molar-refractivity contribution in [3.8, 4) is 6.07 Å². The van der Waals surface area contributed by atoms with Gasteiger partial charge in [0.25, 0.3) is 5.91 Å². The normalized spacial score (nSPS) is 11.3. The number of nitrogens with zero attached hydrogens (tertiary/aromatic N) is 1. The number of carbonyl (C=O) groups excluding carboxylic acids is 2. The molecular weight excluding hydrogens is 300 g/mol. The lowest BCUT2D eigenvalue weighted by molar-refractivity contribution is -0.117. The number of nitrogens with one attached hydrogen (secondary N) is 3. The van der Waals surface area contributed by atoms with Crippen molar-refractivity contribution in [1.29, 1.82) is 5.26 Å². The fourth-order valence-electron chi connectivity index (χ4n) is 1.39. The predicted octanol–water partition coefficient (Wildman–Crippen LogP) is 0.661. The van der Waals surface area contributed by atoms with E-state index in [-0.39, 0.29) is 5.57 Å². The Hall–Kier alpha value is -2.27. The zero-order valence-corrected chi connectivity index (χ0v) is 14.2. The SMILES string of the molecule is COCCCNC(=O)/C(C#N)=C\NCCNC(=O)OC(C)(C)C. The van der Waals surface area contributed by atoms with Crippen LogP contribution in [0, 0.1) is 11.3 Å². The Morgan fingerprint density at radius 3 is 2.43 bits per heavy atom. The number of hydrogen-bond acceptors (Lipinski definition) is 6. The molecule has 2 amide bonds. The van der Waals surface area contributed by atoms with Crippen molar-refractivity contribution in [2.45, 2.75) is 32.8 Å². The standard InChI is InChI=1S/C15H26N4O4/c1-15(2,3)23-14(21)19-8-7-17-11-12(10-16)13(20)18-6-5-9-22-4/h11,17H,5-9H2,1-4H3,(H,18,20)(H,19,21)/b12-11-. The largest absolute Gasteiger partial charge is 0.444 e. The third kappa shape index (κ3) is 12.0. The minimum Gasteiger partial charge on any atom is -0.444 e. The lowest BCUT2D eigenvalue weighted by Gasteiger charge is -2.19. The minimum absolute atomic E-state index is 0.0281. The maximum absolute atomic E-state index is 11.7. The van der Waals surface area contributed by atoms with Crippen LogP contribution in [0.2, 0.25) is 0 Å². The van der Waals surface area contributed by atoms with Gasteiger partial charge in [0.2, 0.25) is 0 Å². The van der Waals surface area contributed by atoms with Gasteiger partial charge in [-0.1, -0.05) is 0 Å². The van der Waals surface area contributed by atoms with E-state index in [4.69, 9.17) is 14.7 Å². The van der Waals surface area contributed by atoms with Crippen LogP contribution in [0.5, 0.6) is 0 Å². The highest BCUT2D eigenvalue weighted by Crippen LogP contribution is 2.05. The first kappa shape index (κ1) is 20.7. The van der Waals surface area contributed by atoms with Crippen LogP contribution in [0.4, 0.5) is 4.79 Å². The van der Waals surface area contributed by atoms with Gasteiger partial charge in [0.05, 0.1) is 0 Å². The Bertz CT molecular complexity index is 449. The Kier molecular flexibility index (Phi) is 10.2. The molecule has 3 N–H and O–H groups in total. The fraction of sp³-hybridized carbons (Fsp3) is 0.667. The summed E-state index contributed by atoms with van der Waals surface area (Å²) in [4.78, 5) is 23.1. The first-order chi connectivity index (χ1) is 10.8. The zero-order valence-electron chi connectivity index (χ0n) is 14.2. The lowest BCUT2D eigenvalue weighted by atomic mass is 10.2. The molecule has 0 spiro atoms. The van der Waals surface area contributed by atoms with E-state index in [0.717, 1.165) is 0 Å². The third-order valence-electron chi connectivity index (χ3n) is 2.36. The van der Waals surface area contributed by atoms with E-state index < -0.39 is 17.6 Å². The lowest BCUT2D eigenvalue weighted by Crippen LogP contribution is -2.35. The molecule has 0 unspecified atom stereocenters. The summed E-state index contributed by atoms with van der Waals surface area (Å²) in [7, 11) is 1.58. The van der Waals surface area contributed by atoms with Crippen molar-refractivity contribution in [3.63, 3.8) is 0 Å². The molecule has 23 heavy (non-hydrogen) atoms. The molecule has 0 rings (SSSR count). The summed E-state index contributed by atoms with van der Waals surface area (Å²) in [5, 5.41) is 16.9. The Morgan fingerprint density at radius 1 is 1.17 bits per heavy atom. The molecule has 0 aliphatic carbocycles. The van der Waals surface area contributed by atoms with Crippen LogP contribution in [-0.4, -0.2) is 51.0 Å². The number of carbonyl (C=O) groups is 2. The molecule has 0 radical (unpaired) electrons. The molecule has 0 aromatic heterocycles. The van der Waals surface area contributed by atoms with Gasteiger partial charge in [-0.05, 0) is 27.2 Å². The second kappa shape index (κ2) is 11.3. The summed E-state index contributed by atoms with van der Waals surface area (Å²) in [6, 6.07) is 1.82. The molecule has 8 nitrogen and oxygen atoms in total. The van der Waals surface area contributed by atoms with E-state index in [1.165, 1.54) is 6.20 Å². The molecule has 0 aliphatic rings. The van der Waals surface area contributed by atoms with Gasteiger partial charge >= 0.3 is 6.09 Å². The summed E-state index contributed by atoms with van der Waals surface area (Å²) < 4.78 is 9.93. The highest BCUT2D eigenvalue weighted by Gasteiger charge is 2.15. The number of nitriles is 1. The molecule has 130 valence electrons. The average Bonchev–Trinajstić information content (AvgIpc) is 2.45. The predicted molar refractivity (Wildman–Crippen MR) is 85.4 cm³/mol. The van der Waals surface area contributed by atoms with Crippen LogP contribution < -0.4 is 16.0 Å². The van der Waals surface area contributed by atoms with Crippen LogP contribution in [0.15, 0.2) is 11.8 Å². The highest BCUT2D eigenvalue weighted by atomic mass is 16.6. The first-order valence-electron chi connectivity index (χ1n) is 7.38. The Morgan fingerprint density at radius 2 is 1.87 bits per heavy atom. The van der Waals surface area contributed by atoms with Crippen molar-refractivity contribution in [2.75, 3.05) is 33.4 Å². The molecule has 8 heteroatoms. The van der Waals surface area contributed by atoms with E-state index in [9.17, 15) is 9.59 Å². The van der Waals surface area contributed by atoms with Crippen molar-refractivity contribution in [1.82, 2.24) is 16.0 Å². The van der Waals surface area contributed by atoms with E-state index >= 15 is 0 Å².